The molecule has 2 rings (SSSR count). The molecular weight excluding hydrogens is 287 g/mol. The highest BCUT2D eigenvalue weighted by Crippen LogP contribution is 2.31. The van der Waals surface area contributed by atoms with E-state index in [1.165, 1.54) is 11.3 Å². The largest absolute Gasteiger partial charge is 0.320 e. The van der Waals surface area contributed by atoms with Gasteiger partial charge in [-0.1, -0.05) is 11.6 Å². The molecule has 0 aliphatic rings. The van der Waals surface area contributed by atoms with Crippen molar-refractivity contribution in [2.45, 2.75) is 6.04 Å². The monoisotopic (exact) mass is 295 g/mol. The van der Waals surface area contributed by atoms with Crippen molar-refractivity contribution in [1.29, 1.82) is 0 Å². The molecule has 2 N–H and O–H groups in total. The Morgan fingerprint density at radius 3 is 2.41 bits per heavy atom. The number of hydrogen-bond acceptors (Lipinski definition) is 2. The van der Waals surface area contributed by atoms with Crippen molar-refractivity contribution < 1.29 is 8.78 Å². The first-order valence-corrected chi connectivity index (χ1v) is 5.84. The van der Waals surface area contributed by atoms with Gasteiger partial charge in [-0.2, -0.15) is 11.3 Å². The Balaban J connectivity index is 0.00000144. The zero-order valence-electron chi connectivity index (χ0n) is 8.49. The predicted octanol–water partition coefficient (Wildman–Crippen LogP) is 4.15. The number of thiophene rings is 1. The summed E-state index contributed by atoms with van der Waals surface area (Å²) >= 11 is 7.16. The Morgan fingerprint density at radius 1 is 1.18 bits per heavy atom. The molecule has 1 atom stereocenters. The van der Waals surface area contributed by atoms with E-state index in [9.17, 15) is 8.78 Å². The Morgan fingerprint density at radius 2 is 1.82 bits per heavy atom. The fourth-order valence-electron chi connectivity index (χ4n) is 1.45. The average molecular weight is 296 g/mol. The van der Waals surface area contributed by atoms with Gasteiger partial charge in [-0.15, -0.1) is 12.4 Å². The predicted molar refractivity (Wildman–Crippen MR) is 69.0 cm³/mol. The minimum atomic E-state index is -0.741. The summed E-state index contributed by atoms with van der Waals surface area (Å²) in [5.74, 6) is -1.26. The highest BCUT2D eigenvalue weighted by atomic mass is 35.5. The maximum absolute atomic E-state index is 13.5. The van der Waals surface area contributed by atoms with Crippen LogP contribution in [0.2, 0.25) is 5.02 Å². The second-order valence-electron chi connectivity index (χ2n) is 3.29. The third kappa shape index (κ3) is 2.77. The normalized spacial score (nSPS) is 12.0. The van der Waals surface area contributed by atoms with Crippen LogP contribution in [0.15, 0.2) is 29.0 Å². The lowest BCUT2D eigenvalue weighted by Crippen LogP contribution is -2.14. The van der Waals surface area contributed by atoms with Crippen LogP contribution in [0.5, 0.6) is 0 Å². The lowest BCUT2D eigenvalue weighted by atomic mass is 10.0. The van der Waals surface area contributed by atoms with E-state index in [-0.39, 0.29) is 23.0 Å². The highest BCUT2D eigenvalue weighted by molar-refractivity contribution is 7.08. The van der Waals surface area contributed by atoms with E-state index >= 15 is 0 Å². The second-order valence-corrected chi connectivity index (χ2v) is 4.45. The van der Waals surface area contributed by atoms with E-state index in [1.54, 1.807) is 11.4 Å². The molecule has 1 aromatic carbocycles. The molecule has 0 radical (unpaired) electrons. The summed E-state index contributed by atoms with van der Waals surface area (Å²) in [6.45, 7) is 0. The van der Waals surface area contributed by atoms with Crippen molar-refractivity contribution in [3.63, 3.8) is 0 Å². The van der Waals surface area contributed by atoms with Crippen molar-refractivity contribution in [3.05, 3.63) is 56.7 Å². The van der Waals surface area contributed by atoms with Gasteiger partial charge >= 0.3 is 0 Å². The van der Waals surface area contributed by atoms with Gasteiger partial charge in [-0.25, -0.2) is 8.78 Å². The SMILES string of the molecule is Cl.N[C@@H](c1ccsc1)c1c(F)ccc(F)c1Cl. The molecule has 1 aromatic heterocycles. The summed E-state index contributed by atoms with van der Waals surface area (Å²) in [5.41, 5.74) is 6.57. The van der Waals surface area contributed by atoms with Crippen molar-refractivity contribution in [3.8, 4) is 0 Å². The first kappa shape index (κ1) is 14.4. The third-order valence-electron chi connectivity index (χ3n) is 2.29. The highest BCUT2D eigenvalue weighted by Gasteiger charge is 2.20. The van der Waals surface area contributed by atoms with Crippen LogP contribution in [0, 0.1) is 11.6 Å². The zero-order valence-corrected chi connectivity index (χ0v) is 10.9. The molecule has 0 unspecified atom stereocenters. The molecule has 0 fully saturated rings. The van der Waals surface area contributed by atoms with E-state index in [0.717, 1.165) is 17.7 Å². The molecule has 1 heterocycles. The summed E-state index contributed by atoms with van der Waals surface area (Å²) in [5, 5.41) is 3.35. The first-order valence-electron chi connectivity index (χ1n) is 4.52. The molecule has 1 nitrogen and oxygen atoms in total. The zero-order chi connectivity index (χ0) is 11.7. The van der Waals surface area contributed by atoms with Gasteiger partial charge in [-0.3, -0.25) is 0 Å². The molecule has 0 spiro atoms. The number of rotatable bonds is 2. The van der Waals surface area contributed by atoms with Gasteiger partial charge in [0.2, 0.25) is 0 Å². The van der Waals surface area contributed by atoms with E-state index in [2.05, 4.69) is 0 Å². The number of hydrogen-bond donors (Lipinski definition) is 1. The maximum atomic E-state index is 13.5. The molecule has 2 aromatic rings. The van der Waals surface area contributed by atoms with Gasteiger partial charge in [0, 0.05) is 5.56 Å². The summed E-state index contributed by atoms with van der Waals surface area (Å²) < 4.78 is 26.8. The quantitative estimate of drug-likeness (QED) is 0.828. The second kappa shape index (κ2) is 5.78. The molecule has 17 heavy (non-hydrogen) atoms. The topological polar surface area (TPSA) is 26.0 Å². The van der Waals surface area contributed by atoms with Crippen molar-refractivity contribution in [2.75, 3.05) is 0 Å². The van der Waals surface area contributed by atoms with Crippen LogP contribution in [0.4, 0.5) is 8.78 Å². The average Bonchev–Trinajstić information content (AvgIpc) is 2.77. The van der Waals surface area contributed by atoms with Crippen LogP contribution in [0.1, 0.15) is 17.2 Å². The van der Waals surface area contributed by atoms with Gasteiger partial charge in [0.1, 0.15) is 11.6 Å². The van der Waals surface area contributed by atoms with E-state index in [0.29, 0.717) is 0 Å². The minimum absolute atomic E-state index is 0. The molecular formula is C11H9Cl2F2NS. The Hall–Kier alpha value is -0.680. The fourth-order valence-corrected chi connectivity index (χ4v) is 2.41. The van der Waals surface area contributed by atoms with Crippen LogP contribution in [0.3, 0.4) is 0 Å². The Labute approximate surface area is 113 Å². The maximum Gasteiger partial charge on any atom is 0.142 e. The van der Waals surface area contributed by atoms with Crippen molar-refractivity contribution in [1.82, 2.24) is 0 Å². The first-order chi connectivity index (χ1) is 7.61. The summed E-state index contributed by atoms with van der Waals surface area (Å²) in [6.07, 6.45) is 0. The number of halogens is 4. The Bertz CT molecular complexity index is 502. The summed E-state index contributed by atoms with van der Waals surface area (Å²) in [7, 11) is 0. The summed E-state index contributed by atoms with van der Waals surface area (Å²) in [6, 6.07) is 3.04. The van der Waals surface area contributed by atoms with E-state index < -0.39 is 17.7 Å². The molecule has 92 valence electrons. The van der Waals surface area contributed by atoms with Crippen molar-refractivity contribution >= 4 is 35.3 Å². The van der Waals surface area contributed by atoms with E-state index in [4.69, 9.17) is 17.3 Å². The minimum Gasteiger partial charge on any atom is -0.320 e. The van der Waals surface area contributed by atoms with Crippen LogP contribution in [-0.4, -0.2) is 0 Å². The molecule has 6 heteroatoms. The lowest BCUT2D eigenvalue weighted by Gasteiger charge is -2.13. The molecule has 0 saturated heterocycles. The van der Waals surface area contributed by atoms with Gasteiger partial charge in [0.05, 0.1) is 11.1 Å². The van der Waals surface area contributed by atoms with E-state index in [1.807, 2.05) is 5.38 Å². The molecule has 0 amide bonds. The summed E-state index contributed by atoms with van der Waals surface area (Å²) in [4.78, 5) is 0. The Kier molecular flexibility index (Phi) is 4.89. The molecule has 0 aliphatic heterocycles. The fraction of sp³-hybridized carbons (Fsp3) is 0.0909. The lowest BCUT2D eigenvalue weighted by molar-refractivity contribution is 0.577. The smallest absolute Gasteiger partial charge is 0.142 e. The number of nitrogens with two attached hydrogens (primary N) is 1. The molecule has 0 saturated carbocycles. The van der Waals surface area contributed by atoms with Crippen LogP contribution in [-0.2, 0) is 0 Å². The molecule has 0 bridgehead atoms. The van der Waals surface area contributed by atoms with Crippen molar-refractivity contribution in [2.24, 2.45) is 5.73 Å². The van der Waals surface area contributed by atoms with Gasteiger partial charge in [0.25, 0.3) is 0 Å². The molecule has 0 aliphatic carbocycles. The van der Waals surface area contributed by atoms with Gasteiger partial charge in [0.15, 0.2) is 0 Å². The van der Waals surface area contributed by atoms with Gasteiger partial charge in [-0.05, 0) is 34.5 Å². The van der Waals surface area contributed by atoms with Crippen LogP contribution >= 0.6 is 35.3 Å². The standard InChI is InChI=1S/C11H8ClF2NS.ClH/c12-10-8(14)2-1-7(13)9(10)11(15)6-3-4-16-5-6;/h1-5,11H,15H2;1H/t11-;/m0./s1. The van der Waals surface area contributed by atoms with Gasteiger partial charge < -0.3 is 5.73 Å². The number of benzene rings is 1. The van der Waals surface area contributed by atoms with Crippen LogP contribution in [0.25, 0.3) is 0 Å². The third-order valence-corrected chi connectivity index (χ3v) is 3.38. The van der Waals surface area contributed by atoms with Crippen LogP contribution < -0.4 is 5.73 Å².